The largest absolute Gasteiger partial charge is 0.507 e. The second-order valence-corrected chi connectivity index (χ2v) is 5.25. The Bertz CT molecular complexity index is 749. The second kappa shape index (κ2) is 5.69. The van der Waals surface area contributed by atoms with E-state index in [-0.39, 0.29) is 23.2 Å². The third-order valence-electron chi connectivity index (χ3n) is 3.79. The number of carbonyl (C=O) groups is 1. The number of benzene rings is 1. The topological polar surface area (TPSA) is 62.7 Å². The number of aromatic nitrogens is 1. The second-order valence-electron chi connectivity index (χ2n) is 5.25. The van der Waals surface area contributed by atoms with Crippen LogP contribution in [0.5, 0.6) is 5.75 Å². The van der Waals surface area contributed by atoms with E-state index in [2.05, 4.69) is 4.98 Å². The van der Waals surface area contributed by atoms with Crippen LogP contribution in [0.1, 0.15) is 17.2 Å². The van der Waals surface area contributed by atoms with E-state index in [1.807, 2.05) is 0 Å². The van der Waals surface area contributed by atoms with Crippen LogP contribution in [0.2, 0.25) is 0 Å². The lowest BCUT2D eigenvalue weighted by Gasteiger charge is -2.30. The van der Waals surface area contributed by atoms with E-state index in [0.717, 1.165) is 12.1 Å². The van der Waals surface area contributed by atoms with Crippen LogP contribution in [0.25, 0.3) is 10.9 Å². The van der Waals surface area contributed by atoms with Gasteiger partial charge in [0.15, 0.2) is 0 Å². The number of rotatable bonds is 2. The van der Waals surface area contributed by atoms with Crippen LogP contribution in [-0.4, -0.2) is 41.1 Å². The fourth-order valence-electron chi connectivity index (χ4n) is 2.56. The predicted octanol–water partition coefficient (Wildman–Crippen LogP) is 2.49. The first-order chi connectivity index (χ1) is 10.9. The number of fused-ring (bicyclic) bond motifs is 1. The number of nitrogens with zero attached hydrogens (tertiary/aromatic N) is 2. The summed E-state index contributed by atoms with van der Waals surface area (Å²) in [5.74, 6) is -0.179. The number of alkyl halides is 3. The summed E-state index contributed by atoms with van der Waals surface area (Å²) in [6.45, 7) is 1.02. The van der Waals surface area contributed by atoms with Crippen LogP contribution in [-0.2, 0) is 15.7 Å². The number of ether oxygens (including phenoxy) is 1. The number of amides is 1. The van der Waals surface area contributed by atoms with Crippen LogP contribution in [0, 0.1) is 0 Å². The summed E-state index contributed by atoms with van der Waals surface area (Å²) in [5, 5.41) is 10.6. The summed E-state index contributed by atoms with van der Waals surface area (Å²) in [6.07, 6.45) is -3.05. The van der Waals surface area contributed by atoms with Gasteiger partial charge in [-0.3, -0.25) is 9.78 Å². The van der Waals surface area contributed by atoms with E-state index in [9.17, 15) is 23.1 Å². The number of halogens is 3. The first kappa shape index (κ1) is 15.5. The van der Waals surface area contributed by atoms with E-state index < -0.39 is 17.8 Å². The van der Waals surface area contributed by atoms with Gasteiger partial charge in [-0.15, -0.1) is 0 Å². The average molecular weight is 326 g/mol. The molecule has 1 aliphatic heterocycles. The fraction of sp³-hybridized carbons (Fsp3) is 0.333. The highest BCUT2D eigenvalue weighted by molar-refractivity contribution is 5.86. The van der Waals surface area contributed by atoms with E-state index in [1.54, 1.807) is 0 Å². The molecule has 2 heterocycles. The molecule has 1 aromatic carbocycles. The summed E-state index contributed by atoms with van der Waals surface area (Å²) < 4.78 is 43.7. The minimum Gasteiger partial charge on any atom is -0.507 e. The van der Waals surface area contributed by atoms with Gasteiger partial charge in [-0.05, 0) is 18.2 Å². The number of hydrogen-bond acceptors (Lipinski definition) is 4. The van der Waals surface area contributed by atoms with Crippen molar-refractivity contribution in [2.75, 3.05) is 19.7 Å². The number of carbonyl (C=O) groups excluding carboxylic acids is 1. The van der Waals surface area contributed by atoms with Crippen LogP contribution < -0.4 is 0 Å². The van der Waals surface area contributed by atoms with Crippen molar-refractivity contribution in [3.8, 4) is 5.75 Å². The molecule has 1 atom stereocenters. The van der Waals surface area contributed by atoms with Gasteiger partial charge in [0.25, 0.3) is 0 Å². The molecule has 0 saturated carbocycles. The average Bonchev–Trinajstić information content (AvgIpc) is 2.54. The molecule has 1 fully saturated rings. The van der Waals surface area contributed by atoms with Gasteiger partial charge >= 0.3 is 6.18 Å². The molecular weight excluding hydrogens is 313 g/mol. The normalized spacial score (nSPS) is 19.1. The molecule has 23 heavy (non-hydrogen) atoms. The van der Waals surface area contributed by atoms with E-state index >= 15 is 0 Å². The third kappa shape index (κ3) is 2.94. The third-order valence-corrected chi connectivity index (χ3v) is 3.79. The molecule has 1 aliphatic rings. The molecule has 0 spiro atoms. The summed E-state index contributed by atoms with van der Waals surface area (Å²) in [4.78, 5) is 16.4. The smallest absolute Gasteiger partial charge is 0.416 e. The standard InChI is InChI=1S/C15H13F3N2O3/c16-15(17,18)9-1-2-10-12(5-9)19-6-11(14(10)22)13-7-20(8-21)3-4-23-13/h1-2,5-6,8,13H,3-4,7H2,(H,19,22). The van der Waals surface area contributed by atoms with Crippen molar-refractivity contribution in [1.82, 2.24) is 9.88 Å². The maximum Gasteiger partial charge on any atom is 0.416 e. The lowest BCUT2D eigenvalue weighted by atomic mass is 10.0. The lowest BCUT2D eigenvalue weighted by Crippen LogP contribution is -2.37. The van der Waals surface area contributed by atoms with Gasteiger partial charge in [-0.2, -0.15) is 13.2 Å². The maximum atomic E-state index is 12.7. The minimum absolute atomic E-state index is 0.0455. The molecule has 1 saturated heterocycles. The van der Waals surface area contributed by atoms with E-state index in [1.165, 1.54) is 17.2 Å². The summed E-state index contributed by atoms with van der Waals surface area (Å²) in [5.41, 5.74) is -0.432. The molecular formula is C15H13F3N2O3. The monoisotopic (exact) mass is 326 g/mol. The first-order valence-electron chi connectivity index (χ1n) is 6.90. The van der Waals surface area contributed by atoms with Crippen LogP contribution >= 0.6 is 0 Å². The van der Waals surface area contributed by atoms with Gasteiger partial charge in [0.2, 0.25) is 6.41 Å². The molecule has 0 bridgehead atoms. The highest BCUT2D eigenvalue weighted by atomic mass is 19.4. The van der Waals surface area contributed by atoms with Gasteiger partial charge in [0.05, 0.1) is 24.2 Å². The Morgan fingerprint density at radius 2 is 2.17 bits per heavy atom. The van der Waals surface area contributed by atoms with Gasteiger partial charge < -0.3 is 14.7 Å². The van der Waals surface area contributed by atoms with Crippen molar-refractivity contribution in [2.24, 2.45) is 0 Å². The Hall–Kier alpha value is -2.35. The van der Waals surface area contributed by atoms with Crippen LogP contribution in [0.15, 0.2) is 24.4 Å². The van der Waals surface area contributed by atoms with E-state index in [0.29, 0.717) is 25.1 Å². The fourth-order valence-corrected chi connectivity index (χ4v) is 2.56. The molecule has 2 aromatic rings. The highest BCUT2D eigenvalue weighted by Crippen LogP contribution is 2.37. The number of hydrogen-bond donors (Lipinski definition) is 1. The highest BCUT2D eigenvalue weighted by Gasteiger charge is 2.31. The maximum absolute atomic E-state index is 12.7. The molecule has 1 aromatic heterocycles. The van der Waals surface area contributed by atoms with Crippen molar-refractivity contribution in [2.45, 2.75) is 12.3 Å². The Balaban J connectivity index is 2.00. The zero-order chi connectivity index (χ0) is 16.6. The quantitative estimate of drug-likeness (QED) is 0.861. The molecule has 0 aliphatic carbocycles. The molecule has 1 N–H and O–H groups in total. The van der Waals surface area contributed by atoms with Gasteiger partial charge in [0, 0.05) is 23.7 Å². The van der Waals surface area contributed by atoms with Crippen molar-refractivity contribution < 1.29 is 27.8 Å². The van der Waals surface area contributed by atoms with Crippen molar-refractivity contribution in [1.29, 1.82) is 0 Å². The SMILES string of the molecule is O=CN1CCOC(c2cnc3cc(C(F)(F)F)ccc3c2O)C1. The number of morpholine rings is 1. The molecule has 1 amide bonds. The van der Waals surface area contributed by atoms with Crippen molar-refractivity contribution in [3.63, 3.8) is 0 Å². The van der Waals surface area contributed by atoms with Crippen molar-refractivity contribution in [3.05, 3.63) is 35.5 Å². The molecule has 122 valence electrons. The molecule has 3 rings (SSSR count). The molecule has 5 nitrogen and oxygen atoms in total. The predicted molar refractivity (Wildman–Crippen MR) is 74.7 cm³/mol. The Morgan fingerprint density at radius 3 is 2.87 bits per heavy atom. The van der Waals surface area contributed by atoms with Gasteiger partial charge in [-0.1, -0.05) is 0 Å². The molecule has 0 radical (unpaired) electrons. The number of pyridine rings is 1. The van der Waals surface area contributed by atoms with Gasteiger partial charge in [-0.25, -0.2) is 0 Å². The Labute approximate surface area is 129 Å². The summed E-state index contributed by atoms with van der Waals surface area (Å²) in [7, 11) is 0. The zero-order valence-corrected chi connectivity index (χ0v) is 11.9. The summed E-state index contributed by atoms with van der Waals surface area (Å²) in [6, 6.07) is 2.97. The molecule has 8 heteroatoms. The Kier molecular flexibility index (Phi) is 3.85. The van der Waals surface area contributed by atoms with Crippen LogP contribution in [0.4, 0.5) is 13.2 Å². The zero-order valence-electron chi connectivity index (χ0n) is 11.9. The Morgan fingerprint density at radius 1 is 1.39 bits per heavy atom. The van der Waals surface area contributed by atoms with Gasteiger partial charge in [0.1, 0.15) is 11.9 Å². The lowest BCUT2D eigenvalue weighted by molar-refractivity contribution is -0.137. The van der Waals surface area contributed by atoms with Crippen molar-refractivity contribution >= 4 is 17.3 Å². The number of aromatic hydroxyl groups is 1. The summed E-state index contributed by atoms with van der Waals surface area (Å²) >= 11 is 0. The van der Waals surface area contributed by atoms with E-state index in [4.69, 9.17) is 4.74 Å². The van der Waals surface area contributed by atoms with Crippen LogP contribution in [0.3, 0.4) is 0 Å². The molecule has 1 unspecified atom stereocenters. The minimum atomic E-state index is -4.47. The first-order valence-corrected chi connectivity index (χ1v) is 6.90.